The molecule has 0 aromatic heterocycles. The lowest BCUT2D eigenvalue weighted by Crippen LogP contribution is -2.46. The second-order valence-corrected chi connectivity index (χ2v) is 8.41. The first-order valence-corrected chi connectivity index (χ1v) is 10.8. The van der Waals surface area contributed by atoms with E-state index in [0.717, 1.165) is 42.3 Å². The van der Waals surface area contributed by atoms with Crippen LogP contribution in [0, 0.1) is 6.92 Å². The Labute approximate surface area is 179 Å². The van der Waals surface area contributed by atoms with Gasteiger partial charge in [-0.2, -0.15) is 0 Å². The minimum Gasteiger partial charge on any atom is -0.490 e. The fourth-order valence-electron chi connectivity index (χ4n) is 3.80. The number of rotatable bonds is 6. The number of piperazine rings is 1. The summed E-state index contributed by atoms with van der Waals surface area (Å²) in [5.74, 6) is 0.812. The molecule has 0 amide bonds. The summed E-state index contributed by atoms with van der Waals surface area (Å²) < 4.78 is 5.66. The zero-order valence-electron chi connectivity index (χ0n) is 17.9. The van der Waals surface area contributed by atoms with Crippen LogP contribution in [0.4, 0.5) is 5.69 Å². The van der Waals surface area contributed by atoms with Gasteiger partial charge in [-0.05, 0) is 55.2 Å². The first kappa shape index (κ1) is 21.7. The Morgan fingerprint density at radius 1 is 1.07 bits per heavy atom. The van der Waals surface area contributed by atoms with E-state index in [-0.39, 0.29) is 5.43 Å². The molecule has 1 aliphatic rings. The predicted molar refractivity (Wildman–Crippen MR) is 122 cm³/mol. The van der Waals surface area contributed by atoms with Crippen molar-refractivity contribution in [1.29, 1.82) is 0 Å². The van der Waals surface area contributed by atoms with Crippen LogP contribution in [0.25, 0.3) is 0 Å². The standard InChI is InChI=1S/C24H31ClN2O2/c1-5-29-23-15-19(17(2)3)6-7-20(24(23)28)16-26-10-12-27(13-11-26)22-9-8-21(25)14-18(22)4/h6-9,14-15,17H,5,10-13,16H2,1-4H3. The average molecular weight is 415 g/mol. The van der Waals surface area contributed by atoms with Gasteiger partial charge in [0.15, 0.2) is 5.75 Å². The Morgan fingerprint density at radius 3 is 2.41 bits per heavy atom. The molecule has 1 fully saturated rings. The summed E-state index contributed by atoms with van der Waals surface area (Å²) in [4.78, 5) is 17.7. The van der Waals surface area contributed by atoms with Crippen LogP contribution in [0.5, 0.6) is 5.75 Å². The average Bonchev–Trinajstić information content (AvgIpc) is 2.83. The molecule has 156 valence electrons. The molecule has 2 aromatic rings. The van der Waals surface area contributed by atoms with E-state index in [1.807, 2.05) is 31.2 Å². The van der Waals surface area contributed by atoms with Gasteiger partial charge in [0.05, 0.1) is 6.61 Å². The van der Waals surface area contributed by atoms with Crippen LogP contribution in [-0.2, 0) is 6.54 Å². The molecule has 5 heteroatoms. The SMILES string of the molecule is CCOc1cc(C(C)C)ccc(CN2CCN(c3ccc(Cl)cc3C)CC2)c1=O. The van der Waals surface area contributed by atoms with Gasteiger partial charge in [0.25, 0.3) is 0 Å². The molecule has 0 spiro atoms. The van der Waals surface area contributed by atoms with Gasteiger partial charge in [-0.25, -0.2) is 0 Å². The van der Waals surface area contributed by atoms with E-state index < -0.39 is 0 Å². The van der Waals surface area contributed by atoms with E-state index >= 15 is 0 Å². The summed E-state index contributed by atoms with van der Waals surface area (Å²) in [6.07, 6.45) is 0. The number of nitrogens with zero attached hydrogens (tertiary/aromatic N) is 2. The molecule has 0 N–H and O–H groups in total. The lowest BCUT2D eigenvalue weighted by molar-refractivity contribution is 0.248. The van der Waals surface area contributed by atoms with Gasteiger partial charge in [0.2, 0.25) is 5.43 Å². The molecule has 2 aromatic carbocycles. The molecular formula is C24H31ClN2O2. The second-order valence-electron chi connectivity index (χ2n) is 7.98. The van der Waals surface area contributed by atoms with Crippen molar-refractivity contribution in [2.45, 2.75) is 40.2 Å². The van der Waals surface area contributed by atoms with Crippen LogP contribution in [-0.4, -0.2) is 37.7 Å². The normalized spacial score (nSPS) is 15.0. The van der Waals surface area contributed by atoms with Gasteiger partial charge < -0.3 is 9.64 Å². The van der Waals surface area contributed by atoms with Crippen molar-refractivity contribution < 1.29 is 4.74 Å². The summed E-state index contributed by atoms with van der Waals surface area (Å²) >= 11 is 6.09. The van der Waals surface area contributed by atoms with E-state index in [1.165, 1.54) is 11.3 Å². The Kier molecular flexibility index (Phi) is 7.20. The maximum Gasteiger partial charge on any atom is 0.224 e. The smallest absolute Gasteiger partial charge is 0.224 e. The van der Waals surface area contributed by atoms with Crippen molar-refractivity contribution in [2.75, 3.05) is 37.7 Å². The number of hydrogen-bond acceptors (Lipinski definition) is 4. The first-order chi connectivity index (χ1) is 13.9. The quantitative estimate of drug-likeness (QED) is 0.676. The molecule has 1 aliphatic heterocycles. The van der Waals surface area contributed by atoms with Gasteiger partial charge >= 0.3 is 0 Å². The fraction of sp³-hybridized carbons (Fsp3) is 0.458. The lowest BCUT2D eigenvalue weighted by atomic mass is 10.1. The molecule has 0 radical (unpaired) electrons. The number of ether oxygens (including phenoxy) is 1. The Morgan fingerprint density at radius 2 is 1.79 bits per heavy atom. The molecule has 4 nitrogen and oxygen atoms in total. The summed E-state index contributed by atoms with van der Waals surface area (Å²) in [7, 11) is 0. The molecule has 1 saturated heterocycles. The van der Waals surface area contributed by atoms with Crippen LogP contribution >= 0.6 is 11.6 Å². The molecule has 0 aliphatic carbocycles. The maximum absolute atomic E-state index is 13.0. The molecule has 0 saturated carbocycles. The van der Waals surface area contributed by atoms with Gasteiger partial charge in [0.1, 0.15) is 0 Å². The predicted octanol–water partition coefficient (Wildman–Crippen LogP) is 4.85. The van der Waals surface area contributed by atoms with Crippen LogP contribution in [0.3, 0.4) is 0 Å². The monoisotopic (exact) mass is 414 g/mol. The largest absolute Gasteiger partial charge is 0.490 e. The Balaban J connectivity index is 1.74. The summed E-state index contributed by atoms with van der Waals surface area (Å²) in [5, 5.41) is 0.774. The Hall–Kier alpha value is -2.04. The zero-order chi connectivity index (χ0) is 21.0. The van der Waals surface area contributed by atoms with Crippen molar-refractivity contribution >= 4 is 17.3 Å². The van der Waals surface area contributed by atoms with Crippen LogP contribution in [0.2, 0.25) is 5.02 Å². The molecule has 0 atom stereocenters. The fourth-order valence-corrected chi connectivity index (χ4v) is 4.03. The van der Waals surface area contributed by atoms with E-state index in [9.17, 15) is 4.79 Å². The number of anilines is 1. The minimum absolute atomic E-state index is 0.00900. The lowest BCUT2D eigenvalue weighted by Gasteiger charge is -2.36. The zero-order valence-corrected chi connectivity index (χ0v) is 18.6. The third kappa shape index (κ3) is 5.31. The third-order valence-electron chi connectivity index (χ3n) is 5.52. The number of halogens is 1. The highest BCUT2D eigenvalue weighted by Crippen LogP contribution is 2.25. The van der Waals surface area contributed by atoms with Crippen molar-refractivity contribution in [3.8, 4) is 5.75 Å². The summed E-state index contributed by atoms with van der Waals surface area (Å²) in [6.45, 7) is 13.1. The van der Waals surface area contributed by atoms with Crippen LogP contribution < -0.4 is 15.1 Å². The van der Waals surface area contributed by atoms with Gasteiger partial charge in [-0.3, -0.25) is 9.69 Å². The molecule has 29 heavy (non-hydrogen) atoms. The van der Waals surface area contributed by atoms with E-state index in [4.69, 9.17) is 16.3 Å². The number of aryl methyl sites for hydroxylation is 1. The summed E-state index contributed by atoms with van der Waals surface area (Å²) in [5.41, 5.74) is 4.38. The third-order valence-corrected chi connectivity index (χ3v) is 5.76. The number of benzene rings is 1. The van der Waals surface area contributed by atoms with Gasteiger partial charge in [-0.15, -0.1) is 0 Å². The Bertz CT molecular complexity index is 906. The molecule has 1 heterocycles. The molecule has 0 unspecified atom stereocenters. The highest BCUT2D eigenvalue weighted by atomic mass is 35.5. The second kappa shape index (κ2) is 9.64. The first-order valence-electron chi connectivity index (χ1n) is 10.4. The van der Waals surface area contributed by atoms with Crippen molar-refractivity contribution in [2.24, 2.45) is 0 Å². The van der Waals surface area contributed by atoms with Gasteiger partial charge in [-0.1, -0.05) is 37.6 Å². The molecule has 3 rings (SSSR count). The van der Waals surface area contributed by atoms with E-state index in [1.54, 1.807) is 0 Å². The van der Waals surface area contributed by atoms with Crippen LogP contribution in [0.1, 0.15) is 43.4 Å². The van der Waals surface area contributed by atoms with Crippen LogP contribution in [0.15, 0.2) is 41.2 Å². The highest BCUT2D eigenvalue weighted by molar-refractivity contribution is 6.30. The van der Waals surface area contributed by atoms with Crippen molar-refractivity contribution in [3.63, 3.8) is 0 Å². The molecular weight excluding hydrogens is 384 g/mol. The highest BCUT2D eigenvalue weighted by Gasteiger charge is 2.20. The van der Waals surface area contributed by atoms with E-state index in [2.05, 4.69) is 42.7 Å². The van der Waals surface area contributed by atoms with Crippen molar-refractivity contribution in [3.05, 3.63) is 68.3 Å². The maximum atomic E-state index is 13.0. The van der Waals surface area contributed by atoms with E-state index in [0.29, 0.717) is 24.8 Å². The minimum atomic E-state index is 0.00900. The topological polar surface area (TPSA) is 32.8 Å². The number of hydrogen-bond donors (Lipinski definition) is 0. The van der Waals surface area contributed by atoms with Crippen molar-refractivity contribution in [1.82, 2.24) is 4.90 Å². The van der Waals surface area contributed by atoms with Gasteiger partial charge in [0, 0.05) is 49.0 Å². The summed E-state index contributed by atoms with van der Waals surface area (Å²) in [6, 6.07) is 12.0. The molecule has 0 bridgehead atoms.